The summed E-state index contributed by atoms with van der Waals surface area (Å²) in [5.74, 6) is -1.80. The maximum Gasteiger partial charge on any atom is 0.419 e. The number of rotatable bonds is 7. The van der Waals surface area contributed by atoms with E-state index in [1.807, 2.05) is 0 Å². The van der Waals surface area contributed by atoms with Gasteiger partial charge >= 0.3 is 12.1 Å². The van der Waals surface area contributed by atoms with Crippen LogP contribution in [-0.4, -0.2) is 5.97 Å². The normalized spacial score (nSPS) is 31.1. The molecule has 3 saturated carbocycles. The van der Waals surface area contributed by atoms with Crippen molar-refractivity contribution in [3.63, 3.8) is 0 Å². The molecular formula is C29H39F5O2. The molecule has 4 unspecified atom stereocenters. The minimum atomic E-state index is -5.01. The molecule has 36 heavy (non-hydrogen) atoms. The van der Waals surface area contributed by atoms with Gasteiger partial charge in [0.2, 0.25) is 5.82 Å². The molecular weight excluding hydrogens is 475 g/mol. The Hall–Kier alpha value is -1.66. The van der Waals surface area contributed by atoms with Gasteiger partial charge in [0.1, 0.15) is 0 Å². The quantitative estimate of drug-likeness (QED) is 0.157. The molecule has 1 aromatic rings. The molecule has 0 heterocycles. The van der Waals surface area contributed by atoms with E-state index in [0.29, 0.717) is 36.8 Å². The van der Waals surface area contributed by atoms with Gasteiger partial charge in [-0.05, 0) is 99.5 Å². The van der Waals surface area contributed by atoms with Gasteiger partial charge in [-0.15, -0.1) is 0 Å². The van der Waals surface area contributed by atoms with Crippen molar-refractivity contribution in [3.8, 4) is 5.75 Å². The number of carbonyl (C=O) groups is 1. The molecule has 1 aromatic carbocycles. The van der Waals surface area contributed by atoms with Crippen LogP contribution in [-0.2, 0) is 11.0 Å². The summed E-state index contributed by atoms with van der Waals surface area (Å²) in [4.78, 5) is 12.6. The van der Waals surface area contributed by atoms with Gasteiger partial charge in [-0.3, -0.25) is 4.79 Å². The van der Waals surface area contributed by atoms with Crippen molar-refractivity contribution >= 4 is 5.97 Å². The molecule has 0 aromatic heterocycles. The molecule has 2 nitrogen and oxygen atoms in total. The second kappa shape index (κ2) is 11.8. The van der Waals surface area contributed by atoms with E-state index in [9.17, 15) is 26.7 Å². The van der Waals surface area contributed by atoms with E-state index in [1.54, 1.807) is 0 Å². The fourth-order valence-electron chi connectivity index (χ4n) is 7.24. The number of carbonyl (C=O) groups excluding carboxylic acids is 1. The van der Waals surface area contributed by atoms with E-state index in [1.165, 1.54) is 64.2 Å². The van der Waals surface area contributed by atoms with E-state index >= 15 is 0 Å². The van der Waals surface area contributed by atoms with Gasteiger partial charge in [-0.25, -0.2) is 4.39 Å². The lowest BCUT2D eigenvalue weighted by Gasteiger charge is -2.45. The molecule has 0 amide bonds. The highest BCUT2D eigenvalue weighted by atomic mass is 19.4. The second-order valence-corrected chi connectivity index (χ2v) is 11.5. The first-order chi connectivity index (χ1) is 17.2. The number of fused-ring (bicyclic) bond motifs is 1. The first kappa shape index (κ1) is 27.4. The Morgan fingerprint density at radius 1 is 0.833 bits per heavy atom. The number of esters is 1. The van der Waals surface area contributed by atoms with Gasteiger partial charge in [0.05, 0.1) is 11.5 Å². The minimum absolute atomic E-state index is 0.410. The van der Waals surface area contributed by atoms with Gasteiger partial charge in [-0.1, -0.05) is 39.0 Å². The lowest BCUT2D eigenvalue weighted by atomic mass is 9.60. The van der Waals surface area contributed by atoms with E-state index in [4.69, 9.17) is 4.74 Å². The molecule has 3 aliphatic carbocycles. The van der Waals surface area contributed by atoms with Crippen LogP contribution in [0.5, 0.6) is 5.75 Å². The monoisotopic (exact) mass is 514 g/mol. The molecule has 202 valence electrons. The molecule has 4 rings (SSSR count). The molecule has 4 atom stereocenters. The zero-order valence-corrected chi connectivity index (χ0v) is 21.2. The Bertz CT molecular complexity index is 890. The third-order valence-electron chi connectivity index (χ3n) is 9.31. The standard InChI is InChI=1S/C29H39F5O2/c1-2-3-4-5-18-6-7-23-17-22(13-12-21(23)16-18)19-8-10-20(11-9-19)28(35)36-25-15-14-24(29(32,33)34)26(30)27(25)31/h14-15,18-23H,2-13,16-17H2,1H3. The Morgan fingerprint density at radius 3 is 2.11 bits per heavy atom. The van der Waals surface area contributed by atoms with Gasteiger partial charge in [0, 0.05) is 0 Å². The predicted molar refractivity (Wildman–Crippen MR) is 128 cm³/mol. The number of halogens is 5. The fourth-order valence-corrected chi connectivity index (χ4v) is 7.24. The van der Waals surface area contributed by atoms with Crippen molar-refractivity contribution in [1.82, 2.24) is 0 Å². The van der Waals surface area contributed by atoms with Crippen molar-refractivity contribution in [3.05, 3.63) is 29.3 Å². The van der Waals surface area contributed by atoms with Crippen LogP contribution in [0.3, 0.4) is 0 Å². The van der Waals surface area contributed by atoms with Crippen molar-refractivity contribution in [1.29, 1.82) is 0 Å². The van der Waals surface area contributed by atoms with E-state index in [2.05, 4.69) is 6.92 Å². The maximum absolute atomic E-state index is 14.1. The Labute approximate surface area is 211 Å². The number of unbranched alkanes of at least 4 members (excludes halogenated alkanes) is 2. The Kier molecular flexibility index (Phi) is 8.98. The molecule has 0 radical (unpaired) electrons. The first-order valence-corrected chi connectivity index (χ1v) is 13.9. The topological polar surface area (TPSA) is 26.3 Å². The highest BCUT2D eigenvalue weighted by Crippen LogP contribution is 2.50. The van der Waals surface area contributed by atoms with Gasteiger partial charge in [0.25, 0.3) is 0 Å². The Balaban J connectivity index is 1.24. The smallest absolute Gasteiger partial charge is 0.419 e. The predicted octanol–water partition coefficient (Wildman–Crippen LogP) is 9.11. The lowest BCUT2D eigenvalue weighted by molar-refractivity contribution is -0.141. The average Bonchev–Trinajstić information content (AvgIpc) is 2.86. The van der Waals surface area contributed by atoms with Crippen LogP contribution in [0.4, 0.5) is 22.0 Å². The summed E-state index contributed by atoms with van der Waals surface area (Å²) in [6.45, 7) is 2.26. The highest BCUT2D eigenvalue weighted by molar-refractivity contribution is 5.75. The van der Waals surface area contributed by atoms with Crippen LogP contribution < -0.4 is 4.74 Å². The zero-order valence-electron chi connectivity index (χ0n) is 21.2. The number of hydrogen-bond acceptors (Lipinski definition) is 2. The van der Waals surface area contributed by atoms with Crippen LogP contribution in [0.2, 0.25) is 0 Å². The maximum atomic E-state index is 14.1. The van der Waals surface area contributed by atoms with Gasteiger partial charge in [-0.2, -0.15) is 17.6 Å². The van der Waals surface area contributed by atoms with Crippen molar-refractivity contribution in [2.45, 2.75) is 103 Å². The summed E-state index contributed by atoms with van der Waals surface area (Å²) >= 11 is 0. The van der Waals surface area contributed by atoms with E-state index in [0.717, 1.165) is 30.6 Å². The van der Waals surface area contributed by atoms with Crippen molar-refractivity contribution < 1.29 is 31.5 Å². The molecule has 0 spiro atoms. The fraction of sp³-hybridized carbons (Fsp3) is 0.759. The first-order valence-electron chi connectivity index (χ1n) is 13.9. The number of ether oxygens (including phenoxy) is 1. The molecule has 3 fully saturated rings. The van der Waals surface area contributed by atoms with Gasteiger partial charge in [0.15, 0.2) is 11.6 Å². The number of benzene rings is 1. The second-order valence-electron chi connectivity index (χ2n) is 11.5. The van der Waals surface area contributed by atoms with Crippen LogP contribution in [0, 0.1) is 47.1 Å². The molecule has 0 saturated heterocycles. The van der Waals surface area contributed by atoms with E-state index < -0.39 is 41.0 Å². The molecule has 0 aliphatic heterocycles. The zero-order chi connectivity index (χ0) is 25.9. The van der Waals surface area contributed by atoms with Gasteiger partial charge < -0.3 is 4.74 Å². The largest absolute Gasteiger partial charge is 0.423 e. The molecule has 3 aliphatic rings. The van der Waals surface area contributed by atoms with Crippen molar-refractivity contribution in [2.24, 2.45) is 35.5 Å². The highest BCUT2D eigenvalue weighted by Gasteiger charge is 2.40. The number of hydrogen-bond donors (Lipinski definition) is 0. The lowest BCUT2D eigenvalue weighted by Crippen LogP contribution is -2.35. The average molecular weight is 515 g/mol. The summed E-state index contributed by atoms with van der Waals surface area (Å²) in [5, 5.41) is 0. The summed E-state index contributed by atoms with van der Waals surface area (Å²) in [6, 6.07) is 1.09. The number of alkyl halides is 3. The van der Waals surface area contributed by atoms with Crippen LogP contribution in [0.25, 0.3) is 0 Å². The van der Waals surface area contributed by atoms with Crippen molar-refractivity contribution in [2.75, 3.05) is 0 Å². The summed E-state index contributed by atoms with van der Waals surface area (Å²) < 4.78 is 71.2. The van der Waals surface area contributed by atoms with Crippen LogP contribution in [0.15, 0.2) is 12.1 Å². The molecule has 7 heteroatoms. The van der Waals surface area contributed by atoms with E-state index in [-0.39, 0.29) is 0 Å². The summed E-state index contributed by atoms with van der Waals surface area (Å²) in [6.07, 6.45) is 11.4. The summed E-state index contributed by atoms with van der Waals surface area (Å²) in [5.41, 5.74) is -1.71. The van der Waals surface area contributed by atoms with Crippen LogP contribution >= 0.6 is 0 Å². The molecule has 0 bridgehead atoms. The third-order valence-corrected chi connectivity index (χ3v) is 9.31. The SMILES string of the molecule is CCCCCC1CCC2CC(C3CCC(C(=O)Oc4ccc(C(F)(F)F)c(F)c4F)CC3)CCC2C1. The summed E-state index contributed by atoms with van der Waals surface area (Å²) in [7, 11) is 0. The van der Waals surface area contributed by atoms with Crippen LogP contribution in [0.1, 0.15) is 102 Å². The molecule has 0 N–H and O–H groups in total. The third kappa shape index (κ3) is 6.42. The Morgan fingerprint density at radius 2 is 1.44 bits per heavy atom. The minimum Gasteiger partial charge on any atom is -0.423 e.